The Morgan fingerprint density at radius 3 is 2.83 bits per heavy atom. The Morgan fingerprint density at radius 1 is 1.11 bits per heavy atom. The molecule has 0 bridgehead atoms. The first kappa shape index (κ1) is 11.4. The van der Waals surface area contributed by atoms with E-state index in [-0.39, 0.29) is 0 Å². The topological polar surface area (TPSA) is 47.3 Å². The van der Waals surface area contributed by atoms with E-state index < -0.39 is 0 Å². The van der Waals surface area contributed by atoms with Crippen molar-refractivity contribution in [3.8, 4) is 0 Å². The number of rotatable bonds is 2. The zero-order chi connectivity index (χ0) is 12.5. The number of benzene rings is 2. The molecule has 1 aliphatic rings. The van der Waals surface area contributed by atoms with E-state index in [1.165, 1.54) is 11.1 Å². The lowest BCUT2D eigenvalue weighted by molar-refractivity contribution is 0.134. The van der Waals surface area contributed by atoms with Gasteiger partial charge in [0.25, 0.3) is 0 Å². The van der Waals surface area contributed by atoms with E-state index in [0.29, 0.717) is 23.9 Å². The summed E-state index contributed by atoms with van der Waals surface area (Å²) in [7, 11) is 0. The number of hydrogen-bond acceptors (Lipinski definition) is 3. The van der Waals surface area contributed by atoms with Crippen LogP contribution in [0.4, 0.5) is 17.1 Å². The minimum absolute atomic E-state index is 0.560. The number of fused-ring (bicyclic) bond motifs is 1. The minimum Gasteiger partial charge on any atom is -0.396 e. The minimum atomic E-state index is 0.560. The second kappa shape index (κ2) is 4.52. The molecule has 92 valence electrons. The first-order chi connectivity index (χ1) is 8.74. The van der Waals surface area contributed by atoms with Crippen LogP contribution in [0, 0.1) is 0 Å². The van der Waals surface area contributed by atoms with Gasteiger partial charge in [-0.2, -0.15) is 0 Å². The Labute approximate surface area is 111 Å². The van der Waals surface area contributed by atoms with Gasteiger partial charge in [0.1, 0.15) is 0 Å². The lowest BCUT2D eigenvalue weighted by Gasteiger charge is -2.11. The average Bonchev–Trinajstić information content (AvgIpc) is 2.82. The fourth-order valence-corrected chi connectivity index (χ4v) is 2.23. The van der Waals surface area contributed by atoms with E-state index in [1.807, 2.05) is 18.2 Å². The molecule has 2 aromatic carbocycles. The molecular weight excluding hydrogens is 248 g/mol. The van der Waals surface area contributed by atoms with Crippen molar-refractivity contribution in [1.29, 1.82) is 0 Å². The van der Waals surface area contributed by atoms with Gasteiger partial charge in [0, 0.05) is 5.69 Å². The Balaban J connectivity index is 1.90. The predicted octanol–water partition coefficient (Wildman–Crippen LogP) is 3.70. The largest absolute Gasteiger partial charge is 0.396 e. The van der Waals surface area contributed by atoms with Crippen LogP contribution in [0.3, 0.4) is 0 Å². The Hall–Kier alpha value is -1.71. The molecule has 0 aliphatic carbocycles. The van der Waals surface area contributed by atoms with E-state index in [2.05, 4.69) is 17.4 Å². The third-order valence-corrected chi connectivity index (χ3v) is 3.38. The summed E-state index contributed by atoms with van der Waals surface area (Å²) in [6.07, 6.45) is 0. The highest BCUT2D eigenvalue weighted by Gasteiger charge is 2.11. The first-order valence-corrected chi connectivity index (χ1v) is 6.12. The SMILES string of the molecule is Nc1c(Cl)cccc1Nc1ccc2c(c1)COC2. The third-order valence-electron chi connectivity index (χ3n) is 3.05. The highest BCUT2D eigenvalue weighted by atomic mass is 35.5. The van der Waals surface area contributed by atoms with Crippen molar-refractivity contribution in [3.05, 3.63) is 52.5 Å². The van der Waals surface area contributed by atoms with Gasteiger partial charge in [-0.3, -0.25) is 0 Å². The smallest absolute Gasteiger partial charge is 0.0742 e. The maximum atomic E-state index is 5.99. The summed E-state index contributed by atoms with van der Waals surface area (Å²) in [5, 5.41) is 3.84. The summed E-state index contributed by atoms with van der Waals surface area (Å²) < 4.78 is 5.39. The number of halogens is 1. The first-order valence-electron chi connectivity index (χ1n) is 5.74. The number of hydrogen-bond donors (Lipinski definition) is 2. The van der Waals surface area contributed by atoms with Crippen molar-refractivity contribution in [3.63, 3.8) is 0 Å². The molecule has 3 nitrogen and oxygen atoms in total. The van der Waals surface area contributed by atoms with E-state index in [1.54, 1.807) is 6.07 Å². The van der Waals surface area contributed by atoms with E-state index >= 15 is 0 Å². The fourth-order valence-electron chi connectivity index (χ4n) is 2.05. The van der Waals surface area contributed by atoms with Gasteiger partial charge in [-0.15, -0.1) is 0 Å². The molecule has 0 amide bonds. The third kappa shape index (κ3) is 2.03. The van der Waals surface area contributed by atoms with Crippen molar-refractivity contribution in [2.24, 2.45) is 0 Å². The van der Waals surface area contributed by atoms with Crippen molar-refractivity contribution in [2.45, 2.75) is 13.2 Å². The maximum absolute atomic E-state index is 5.99. The van der Waals surface area contributed by atoms with Crippen molar-refractivity contribution >= 4 is 28.7 Å². The molecule has 3 rings (SSSR count). The summed E-state index contributed by atoms with van der Waals surface area (Å²) in [5.74, 6) is 0. The van der Waals surface area contributed by atoms with Gasteiger partial charge in [-0.25, -0.2) is 0 Å². The van der Waals surface area contributed by atoms with Crippen LogP contribution < -0.4 is 11.1 Å². The lowest BCUT2D eigenvalue weighted by Crippen LogP contribution is -1.97. The van der Waals surface area contributed by atoms with Crippen molar-refractivity contribution in [2.75, 3.05) is 11.1 Å². The van der Waals surface area contributed by atoms with Crippen LogP contribution >= 0.6 is 11.6 Å². The molecule has 0 saturated heterocycles. The molecule has 1 heterocycles. The van der Waals surface area contributed by atoms with Crippen LogP contribution in [-0.4, -0.2) is 0 Å². The zero-order valence-electron chi connectivity index (χ0n) is 9.74. The van der Waals surface area contributed by atoms with Crippen LogP contribution in [0.15, 0.2) is 36.4 Å². The average molecular weight is 261 g/mol. The molecule has 0 aromatic heterocycles. The van der Waals surface area contributed by atoms with Gasteiger partial charge >= 0.3 is 0 Å². The van der Waals surface area contributed by atoms with Crippen molar-refractivity contribution in [1.82, 2.24) is 0 Å². The molecule has 2 aromatic rings. The van der Waals surface area contributed by atoms with Gasteiger partial charge in [-0.05, 0) is 35.4 Å². The van der Waals surface area contributed by atoms with Crippen LogP contribution in [0.5, 0.6) is 0 Å². The number of anilines is 3. The highest BCUT2D eigenvalue weighted by molar-refractivity contribution is 6.33. The maximum Gasteiger partial charge on any atom is 0.0742 e. The summed E-state index contributed by atoms with van der Waals surface area (Å²) in [4.78, 5) is 0. The van der Waals surface area contributed by atoms with Gasteiger partial charge in [0.2, 0.25) is 0 Å². The number of ether oxygens (including phenoxy) is 1. The van der Waals surface area contributed by atoms with E-state index in [9.17, 15) is 0 Å². The summed E-state index contributed by atoms with van der Waals surface area (Å²) >= 11 is 5.99. The molecule has 0 saturated carbocycles. The molecule has 3 N–H and O–H groups in total. The number of para-hydroxylation sites is 1. The van der Waals surface area contributed by atoms with E-state index in [0.717, 1.165) is 11.4 Å². The molecule has 0 spiro atoms. The zero-order valence-corrected chi connectivity index (χ0v) is 10.5. The quantitative estimate of drug-likeness (QED) is 0.810. The molecule has 1 aliphatic heterocycles. The number of nitrogens with two attached hydrogens (primary N) is 1. The second-order valence-corrected chi connectivity index (χ2v) is 4.71. The van der Waals surface area contributed by atoms with Gasteiger partial charge in [-0.1, -0.05) is 23.7 Å². The molecule has 0 fully saturated rings. The molecule has 0 radical (unpaired) electrons. The monoisotopic (exact) mass is 260 g/mol. The molecular formula is C14H13ClN2O. The van der Waals surface area contributed by atoms with Crippen LogP contribution in [0.2, 0.25) is 5.02 Å². The Morgan fingerprint density at radius 2 is 1.94 bits per heavy atom. The normalized spacial score (nSPS) is 13.4. The fraction of sp³-hybridized carbons (Fsp3) is 0.143. The van der Waals surface area contributed by atoms with Crippen LogP contribution in [0.25, 0.3) is 0 Å². The highest BCUT2D eigenvalue weighted by Crippen LogP contribution is 2.31. The van der Waals surface area contributed by atoms with Crippen molar-refractivity contribution < 1.29 is 4.74 Å². The van der Waals surface area contributed by atoms with Crippen LogP contribution in [0.1, 0.15) is 11.1 Å². The molecule has 18 heavy (non-hydrogen) atoms. The molecule has 0 atom stereocenters. The van der Waals surface area contributed by atoms with Crippen LogP contribution in [-0.2, 0) is 18.0 Å². The molecule has 0 unspecified atom stereocenters. The Bertz CT molecular complexity index is 598. The second-order valence-electron chi connectivity index (χ2n) is 4.30. The molecule has 4 heteroatoms. The van der Waals surface area contributed by atoms with E-state index in [4.69, 9.17) is 22.1 Å². The number of nitrogen functional groups attached to an aromatic ring is 1. The Kier molecular flexibility index (Phi) is 2.86. The van der Waals surface area contributed by atoms with Gasteiger partial charge < -0.3 is 15.8 Å². The number of nitrogens with one attached hydrogen (secondary N) is 1. The standard InChI is InChI=1S/C14H13ClN2O/c15-12-2-1-3-13(14(12)16)17-11-5-4-9-7-18-8-10(9)6-11/h1-6,17H,7-8,16H2. The lowest BCUT2D eigenvalue weighted by atomic mass is 10.1. The predicted molar refractivity (Wildman–Crippen MR) is 74.1 cm³/mol. The summed E-state index contributed by atoms with van der Waals surface area (Å²) in [6, 6.07) is 11.7. The van der Waals surface area contributed by atoms with Gasteiger partial charge in [0.05, 0.1) is 29.6 Å². The summed E-state index contributed by atoms with van der Waals surface area (Å²) in [5.41, 5.74) is 10.8. The van der Waals surface area contributed by atoms with Gasteiger partial charge in [0.15, 0.2) is 0 Å². The summed E-state index contributed by atoms with van der Waals surface area (Å²) in [6.45, 7) is 1.38.